The van der Waals surface area contributed by atoms with E-state index in [9.17, 15) is 8.42 Å². The molecule has 0 bridgehead atoms. The van der Waals surface area contributed by atoms with Gasteiger partial charge in [0.05, 0.1) is 41.8 Å². The van der Waals surface area contributed by atoms with Gasteiger partial charge in [0.15, 0.2) is 5.16 Å². The maximum absolute atomic E-state index is 13.1. The molecule has 3 heterocycles. The van der Waals surface area contributed by atoms with Crippen molar-refractivity contribution >= 4 is 44.4 Å². The van der Waals surface area contributed by atoms with E-state index in [0.717, 1.165) is 41.4 Å². The number of imidazole rings is 1. The number of fused-ring (bicyclic) bond motifs is 1. The summed E-state index contributed by atoms with van der Waals surface area (Å²) >= 11 is 7.65. The van der Waals surface area contributed by atoms with Gasteiger partial charge in [0.25, 0.3) is 0 Å². The number of rotatable bonds is 7. The molecule has 0 N–H and O–H groups in total. The Hall–Kier alpha value is -1.62. The molecular weight excluding hydrogens is 482 g/mol. The number of hydrogen-bond donors (Lipinski definition) is 0. The summed E-state index contributed by atoms with van der Waals surface area (Å²) in [6.45, 7) is 3.07. The molecule has 1 aromatic heterocycles. The summed E-state index contributed by atoms with van der Waals surface area (Å²) in [4.78, 5) is 5.11. The highest BCUT2D eigenvalue weighted by Gasteiger charge is 2.27. The molecule has 5 rings (SSSR count). The van der Waals surface area contributed by atoms with Crippen molar-refractivity contribution in [1.82, 2.24) is 13.9 Å². The van der Waals surface area contributed by atoms with E-state index in [-0.39, 0.29) is 11.0 Å². The summed E-state index contributed by atoms with van der Waals surface area (Å²) in [5, 5.41) is 1.57. The minimum absolute atomic E-state index is 0.147. The van der Waals surface area contributed by atoms with Gasteiger partial charge in [-0.15, -0.1) is 0 Å². The number of aromatic nitrogens is 2. The zero-order chi connectivity index (χ0) is 22.8. The molecule has 0 spiro atoms. The van der Waals surface area contributed by atoms with Crippen LogP contribution in [-0.4, -0.2) is 61.3 Å². The Balaban J connectivity index is 1.46. The molecule has 3 aromatic rings. The zero-order valence-corrected chi connectivity index (χ0v) is 20.5. The highest BCUT2D eigenvalue weighted by atomic mass is 35.5. The van der Waals surface area contributed by atoms with Crippen LogP contribution in [0.1, 0.15) is 18.4 Å². The normalized spacial score (nSPS) is 20.0. The van der Waals surface area contributed by atoms with Crippen LogP contribution in [0.15, 0.2) is 52.5 Å². The van der Waals surface area contributed by atoms with Crippen LogP contribution in [0.4, 0.5) is 0 Å². The predicted octanol–water partition coefficient (Wildman–Crippen LogP) is 4.18. The van der Waals surface area contributed by atoms with Crippen LogP contribution in [0.2, 0.25) is 5.02 Å². The van der Waals surface area contributed by atoms with E-state index in [4.69, 9.17) is 26.1 Å². The lowest BCUT2D eigenvalue weighted by molar-refractivity contribution is 0.0730. The third kappa shape index (κ3) is 5.08. The Labute approximate surface area is 203 Å². The Morgan fingerprint density at radius 1 is 1.09 bits per heavy atom. The van der Waals surface area contributed by atoms with E-state index >= 15 is 0 Å². The number of sulfonamides is 1. The molecule has 2 aromatic carbocycles. The molecule has 0 unspecified atom stereocenters. The van der Waals surface area contributed by atoms with Crippen molar-refractivity contribution in [3.63, 3.8) is 0 Å². The lowest BCUT2D eigenvalue weighted by Gasteiger charge is -2.26. The van der Waals surface area contributed by atoms with E-state index in [0.29, 0.717) is 43.4 Å². The largest absolute Gasteiger partial charge is 0.379 e. The van der Waals surface area contributed by atoms with E-state index in [1.54, 1.807) is 23.9 Å². The molecule has 176 valence electrons. The molecule has 2 aliphatic rings. The molecule has 7 nitrogen and oxygen atoms in total. The first-order chi connectivity index (χ1) is 16.0. The van der Waals surface area contributed by atoms with Gasteiger partial charge in [-0.05, 0) is 48.7 Å². The van der Waals surface area contributed by atoms with Gasteiger partial charge in [0.2, 0.25) is 10.0 Å². The Kier molecular flexibility index (Phi) is 6.96. The summed E-state index contributed by atoms with van der Waals surface area (Å²) in [7, 11) is -3.58. The SMILES string of the molecule is O=S(=O)(c1ccc2c(c1)nc(SCc1ccc(Cl)cc1)n2C[C@@H]1CCCO1)N1CCOCC1. The summed E-state index contributed by atoms with van der Waals surface area (Å²) in [5.41, 5.74) is 2.75. The van der Waals surface area contributed by atoms with E-state index in [1.807, 2.05) is 30.3 Å². The number of nitrogens with zero attached hydrogens (tertiary/aromatic N) is 3. The quantitative estimate of drug-likeness (QED) is 0.447. The van der Waals surface area contributed by atoms with E-state index in [2.05, 4.69) is 4.57 Å². The van der Waals surface area contributed by atoms with Gasteiger partial charge in [-0.2, -0.15) is 4.31 Å². The number of benzene rings is 2. The molecule has 0 saturated carbocycles. The fourth-order valence-corrected chi connectivity index (χ4v) is 6.73. The van der Waals surface area contributed by atoms with Gasteiger partial charge in [0.1, 0.15) is 0 Å². The lowest BCUT2D eigenvalue weighted by atomic mass is 10.2. The van der Waals surface area contributed by atoms with Crippen LogP contribution in [0.3, 0.4) is 0 Å². The Bertz CT molecular complexity index is 1220. The second-order valence-corrected chi connectivity index (χ2v) is 11.5. The fourth-order valence-electron chi connectivity index (χ4n) is 4.19. The van der Waals surface area contributed by atoms with Gasteiger partial charge in [-0.25, -0.2) is 13.4 Å². The maximum Gasteiger partial charge on any atom is 0.243 e. The molecule has 0 amide bonds. The van der Waals surface area contributed by atoms with Gasteiger partial charge < -0.3 is 14.0 Å². The maximum atomic E-state index is 13.1. The van der Waals surface area contributed by atoms with E-state index in [1.165, 1.54) is 4.31 Å². The van der Waals surface area contributed by atoms with Crippen LogP contribution in [0.5, 0.6) is 0 Å². The first-order valence-corrected chi connectivity index (χ1v) is 13.9. The van der Waals surface area contributed by atoms with Crippen LogP contribution >= 0.6 is 23.4 Å². The van der Waals surface area contributed by atoms with Gasteiger partial charge in [-0.3, -0.25) is 0 Å². The molecule has 2 fully saturated rings. The average Bonchev–Trinajstić information content (AvgIpc) is 3.47. The summed E-state index contributed by atoms with van der Waals surface area (Å²) in [5.74, 6) is 0.741. The Morgan fingerprint density at radius 2 is 1.88 bits per heavy atom. The predicted molar refractivity (Wildman–Crippen MR) is 129 cm³/mol. The standard InChI is InChI=1S/C23H26ClN3O4S2/c24-18-5-3-17(4-6-18)16-32-23-25-21-14-20(33(28,29)26-9-12-30-13-10-26)7-8-22(21)27(23)15-19-2-1-11-31-19/h3-8,14,19H,1-2,9-13,15-16H2/t19-/m0/s1. The number of ether oxygens (including phenoxy) is 2. The fraction of sp³-hybridized carbons (Fsp3) is 0.435. The number of hydrogen-bond acceptors (Lipinski definition) is 6. The highest BCUT2D eigenvalue weighted by Crippen LogP contribution is 2.31. The molecule has 33 heavy (non-hydrogen) atoms. The van der Waals surface area contributed by atoms with Crippen molar-refractivity contribution in [1.29, 1.82) is 0 Å². The second-order valence-electron chi connectivity index (χ2n) is 8.22. The zero-order valence-electron chi connectivity index (χ0n) is 18.2. The molecule has 2 aliphatic heterocycles. The van der Waals surface area contributed by atoms with Crippen molar-refractivity contribution in [3.8, 4) is 0 Å². The van der Waals surface area contributed by atoms with Crippen LogP contribution in [-0.2, 0) is 31.8 Å². The van der Waals surface area contributed by atoms with Crippen LogP contribution in [0.25, 0.3) is 11.0 Å². The van der Waals surface area contributed by atoms with Crippen molar-refractivity contribution in [2.24, 2.45) is 0 Å². The van der Waals surface area contributed by atoms with Gasteiger partial charge in [-0.1, -0.05) is 35.5 Å². The second kappa shape index (κ2) is 9.93. The first kappa shape index (κ1) is 23.1. The van der Waals surface area contributed by atoms with Crippen molar-refractivity contribution < 1.29 is 17.9 Å². The molecule has 1 atom stereocenters. The summed E-state index contributed by atoms with van der Waals surface area (Å²) in [6, 6.07) is 13.0. The monoisotopic (exact) mass is 507 g/mol. The third-order valence-electron chi connectivity index (χ3n) is 5.98. The summed E-state index contributed by atoms with van der Waals surface area (Å²) < 4.78 is 41.1. The topological polar surface area (TPSA) is 73.7 Å². The molecular formula is C23H26ClN3O4S2. The average molecular weight is 508 g/mol. The third-order valence-corrected chi connectivity index (χ3v) is 9.18. The number of halogens is 1. The number of thioether (sulfide) groups is 1. The smallest absolute Gasteiger partial charge is 0.243 e. The molecule has 2 saturated heterocycles. The molecule has 0 radical (unpaired) electrons. The summed E-state index contributed by atoms with van der Waals surface area (Å²) in [6.07, 6.45) is 2.23. The highest BCUT2D eigenvalue weighted by molar-refractivity contribution is 7.98. The van der Waals surface area contributed by atoms with Gasteiger partial charge >= 0.3 is 0 Å². The first-order valence-electron chi connectivity index (χ1n) is 11.1. The minimum Gasteiger partial charge on any atom is -0.379 e. The van der Waals surface area contributed by atoms with Crippen LogP contribution in [0, 0.1) is 0 Å². The van der Waals surface area contributed by atoms with Crippen LogP contribution < -0.4 is 0 Å². The van der Waals surface area contributed by atoms with Crippen molar-refractivity contribution in [2.75, 3.05) is 32.9 Å². The van der Waals surface area contributed by atoms with Crippen molar-refractivity contribution in [2.45, 2.75) is 41.3 Å². The Morgan fingerprint density at radius 3 is 2.61 bits per heavy atom. The van der Waals surface area contributed by atoms with Gasteiger partial charge in [0, 0.05) is 30.5 Å². The van der Waals surface area contributed by atoms with E-state index < -0.39 is 10.0 Å². The number of morpholine rings is 1. The lowest BCUT2D eigenvalue weighted by Crippen LogP contribution is -2.40. The minimum atomic E-state index is -3.58. The molecule has 10 heteroatoms. The molecule has 0 aliphatic carbocycles. The van der Waals surface area contributed by atoms with Crippen molar-refractivity contribution in [3.05, 3.63) is 53.1 Å².